The predicted molar refractivity (Wildman–Crippen MR) is 56.4 cm³/mol. The molecule has 14 heavy (non-hydrogen) atoms. The maximum Gasteiger partial charge on any atom is 0.206 e. The molecule has 0 radical (unpaired) electrons. The van der Waals surface area contributed by atoms with Crippen LogP contribution >= 0.6 is 15.9 Å². The van der Waals surface area contributed by atoms with Crippen LogP contribution in [0.1, 0.15) is 5.56 Å². The number of rotatable bonds is 1. The van der Waals surface area contributed by atoms with Crippen LogP contribution in [-0.2, 0) is 9.84 Å². The first kappa shape index (κ1) is 9.89. The van der Waals surface area contributed by atoms with Gasteiger partial charge >= 0.3 is 0 Å². The quantitative estimate of drug-likeness (QED) is 0.846. The number of halogens is 1. The summed E-state index contributed by atoms with van der Waals surface area (Å²) in [4.78, 5) is 0.309. The van der Waals surface area contributed by atoms with Crippen molar-refractivity contribution in [2.75, 3.05) is 6.61 Å². The lowest BCUT2D eigenvalue weighted by Crippen LogP contribution is -2.04. The molecular formula is C9H7BrO3S. The van der Waals surface area contributed by atoms with E-state index in [1.807, 2.05) is 0 Å². The van der Waals surface area contributed by atoms with Crippen molar-refractivity contribution in [3.05, 3.63) is 33.1 Å². The van der Waals surface area contributed by atoms with Crippen LogP contribution in [0.5, 0.6) is 0 Å². The van der Waals surface area contributed by atoms with Crippen LogP contribution in [0.4, 0.5) is 0 Å². The topological polar surface area (TPSA) is 54.4 Å². The van der Waals surface area contributed by atoms with Crippen LogP contribution in [0.15, 0.2) is 32.5 Å². The third-order valence-electron chi connectivity index (χ3n) is 2.08. The molecule has 0 bridgehead atoms. The fourth-order valence-electron chi connectivity index (χ4n) is 1.44. The van der Waals surface area contributed by atoms with Crippen LogP contribution in [0.25, 0.3) is 6.08 Å². The highest BCUT2D eigenvalue weighted by atomic mass is 79.9. The number of aliphatic hydroxyl groups excluding tert-OH is 1. The third kappa shape index (κ3) is 1.24. The summed E-state index contributed by atoms with van der Waals surface area (Å²) >= 11 is 3.19. The van der Waals surface area contributed by atoms with Gasteiger partial charge < -0.3 is 5.11 Å². The van der Waals surface area contributed by atoms with Crippen molar-refractivity contribution in [2.45, 2.75) is 4.90 Å². The van der Waals surface area contributed by atoms with Crippen molar-refractivity contribution in [1.29, 1.82) is 0 Å². The van der Waals surface area contributed by atoms with E-state index in [1.165, 1.54) is 6.08 Å². The molecule has 0 saturated heterocycles. The van der Waals surface area contributed by atoms with Gasteiger partial charge in [-0.15, -0.1) is 0 Å². The molecule has 0 fully saturated rings. The fraction of sp³-hybridized carbons (Fsp3) is 0.111. The Morgan fingerprint density at radius 3 is 2.64 bits per heavy atom. The van der Waals surface area contributed by atoms with E-state index >= 15 is 0 Å². The Balaban J connectivity index is 2.78. The highest BCUT2D eigenvalue weighted by Crippen LogP contribution is 2.37. The summed E-state index contributed by atoms with van der Waals surface area (Å²) in [6.07, 6.45) is 1.50. The average Bonchev–Trinajstić information content (AvgIpc) is 2.38. The van der Waals surface area contributed by atoms with Gasteiger partial charge in [0.15, 0.2) is 0 Å². The molecule has 0 saturated carbocycles. The Labute approximate surface area is 90.1 Å². The highest BCUT2D eigenvalue weighted by Gasteiger charge is 2.30. The second-order valence-corrected chi connectivity index (χ2v) is 5.72. The fourth-order valence-corrected chi connectivity index (χ4v) is 3.93. The maximum atomic E-state index is 11.8. The van der Waals surface area contributed by atoms with Gasteiger partial charge in [-0.2, -0.15) is 0 Å². The summed E-state index contributed by atoms with van der Waals surface area (Å²) in [6, 6.07) is 5.14. The lowest BCUT2D eigenvalue weighted by atomic mass is 10.2. The molecule has 2 rings (SSSR count). The molecule has 0 aromatic heterocycles. The minimum Gasteiger partial charge on any atom is -0.391 e. The zero-order valence-corrected chi connectivity index (χ0v) is 9.47. The molecule has 0 amide bonds. The molecule has 0 aliphatic carbocycles. The van der Waals surface area contributed by atoms with Crippen molar-refractivity contribution in [3.8, 4) is 0 Å². The van der Waals surface area contributed by atoms with E-state index in [9.17, 15) is 8.42 Å². The van der Waals surface area contributed by atoms with Crippen LogP contribution in [0, 0.1) is 0 Å². The van der Waals surface area contributed by atoms with Gasteiger partial charge in [0.1, 0.15) is 0 Å². The number of aliphatic hydroxyl groups is 1. The summed E-state index contributed by atoms with van der Waals surface area (Å²) in [7, 11) is -3.46. The Morgan fingerprint density at radius 1 is 1.36 bits per heavy atom. The Kier molecular flexibility index (Phi) is 2.25. The molecule has 5 heteroatoms. The summed E-state index contributed by atoms with van der Waals surface area (Å²) in [6.45, 7) is -0.455. The molecule has 1 aliphatic rings. The minimum atomic E-state index is -3.46. The third-order valence-corrected chi connectivity index (χ3v) is 4.94. The molecule has 1 heterocycles. The van der Waals surface area contributed by atoms with Gasteiger partial charge in [-0.05, 0) is 33.6 Å². The first-order chi connectivity index (χ1) is 6.57. The van der Waals surface area contributed by atoms with Crippen LogP contribution in [0.2, 0.25) is 0 Å². The largest absolute Gasteiger partial charge is 0.391 e. The predicted octanol–water partition coefficient (Wildman–Crippen LogP) is 1.57. The Bertz CT molecular complexity index is 517. The van der Waals surface area contributed by atoms with Crippen molar-refractivity contribution in [1.82, 2.24) is 0 Å². The first-order valence-corrected chi connectivity index (χ1v) is 6.20. The normalized spacial score (nSPS) is 17.7. The Hall–Kier alpha value is -0.650. The monoisotopic (exact) mass is 274 g/mol. The van der Waals surface area contributed by atoms with E-state index in [2.05, 4.69) is 15.9 Å². The molecule has 0 unspecified atom stereocenters. The maximum absolute atomic E-state index is 11.8. The SMILES string of the molecule is O=S1(=O)C(CO)=Cc2cccc(Br)c21. The summed E-state index contributed by atoms with van der Waals surface area (Å²) in [5, 5.41) is 8.90. The van der Waals surface area contributed by atoms with E-state index < -0.39 is 16.4 Å². The zero-order valence-electron chi connectivity index (χ0n) is 7.07. The highest BCUT2D eigenvalue weighted by molar-refractivity contribution is 9.10. The van der Waals surface area contributed by atoms with Crippen molar-refractivity contribution in [2.24, 2.45) is 0 Å². The van der Waals surface area contributed by atoms with Crippen LogP contribution in [0.3, 0.4) is 0 Å². The molecule has 1 N–H and O–H groups in total. The minimum absolute atomic E-state index is 0.0550. The summed E-state index contributed by atoms with van der Waals surface area (Å²) in [5.74, 6) is 0. The Morgan fingerprint density at radius 2 is 2.07 bits per heavy atom. The summed E-state index contributed by atoms with van der Waals surface area (Å²) in [5.41, 5.74) is 0.628. The van der Waals surface area contributed by atoms with Gasteiger partial charge in [-0.25, -0.2) is 8.42 Å². The molecule has 0 atom stereocenters. The molecule has 3 nitrogen and oxygen atoms in total. The smallest absolute Gasteiger partial charge is 0.206 e. The van der Waals surface area contributed by atoms with Crippen molar-refractivity contribution < 1.29 is 13.5 Å². The van der Waals surface area contributed by atoms with Gasteiger partial charge in [-0.1, -0.05) is 12.1 Å². The van der Waals surface area contributed by atoms with Crippen molar-refractivity contribution in [3.63, 3.8) is 0 Å². The number of hydrogen-bond donors (Lipinski definition) is 1. The summed E-state index contributed by atoms with van der Waals surface area (Å²) < 4.78 is 24.1. The molecule has 1 aromatic rings. The standard InChI is InChI=1S/C9H7BrO3S/c10-8-3-1-2-6-4-7(5-11)14(12,13)9(6)8/h1-4,11H,5H2. The van der Waals surface area contributed by atoms with E-state index in [0.717, 1.165) is 0 Å². The van der Waals surface area contributed by atoms with E-state index in [1.54, 1.807) is 18.2 Å². The lowest BCUT2D eigenvalue weighted by Gasteiger charge is -2.02. The molecule has 1 aromatic carbocycles. The number of sulfone groups is 1. The van der Waals surface area contributed by atoms with Gasteiger partial charge in [0.05, 0.1) is 16.4 Å². The second-order valence-electron chi connectivity index (χ2n) is 2.93. The number of hydrogen-bond acceptors (Lipinski definition) is 3. The molecular weight excluding hydrogens is 268 g/mol. The van der Waals surface area contributed by atoms with Crippen LogP contribution in [-0.4, -0.2) is 20.1 Å². The van der Waals surface area contributed by atoms with Gasteiger partial charge in [0.25, 0.3) is 0 Å². The van der Waals surface area contributed by atoms with Gasteiger partial charge in [0.2, 0.25) is 9.84 Å². The zero-order chi connectivity index (χ0) is 10.3. The van der Waals surface area contributed by atoms with Gasteiger partial charge in [-0.3, -0.25) is 0 Å². The molecule has 0 spiro atoms. The van der Waals surface area contributed by atoms with Crippen LogP contribution < -0.4 is 0 Å². The second kappa shape index (κ2) is 3.18. The van der Waals surface area contributed by atoms with E-state index in [-0.39, 0.29) is 9.80 Å². The first-order valence-electron chi connectivity index (χ1n) is 3.92. The van der Waals surface area contributed by atoms with Crippen molar-refractivity contribution >= 4 is 31.8 Å². The number of benzene rings is 1. The van der Waals surface area contributed by atoms with E-state index in [0.29, 0.717) is 10.0 Å². The van der Waals surface area contributed by atoms with E-state index in [4.69, 9.17) is 5.11 Å². The molecule has 1 aliphatic heterocycles. The average molecular weight is 275 g/mol. The number of fused-ring (bicyclic) bond motifs is 1. The lowest BCUT2D eigenvalue weighted by molar-refractivity contribution is 0.339. The molecule has 74 valence electrons. The van der Waals surface area contributed by atoms with Gasteiger partial charge in [0, 0.05) is 4.47 Å².